The number of thiophene rings is 1. The van der Waals surface area contributed by atoms with Crippen molar-refractivity contribution >= 4 is 69.8 Å². The van der Waals surface area contributed by atoms with Gasteiger partial charge in [-0.2, -0.15) is 0 Å². The molecule has 0 aliphatic carbocycles. The molecular weight excluding hydrogens is 484 g/mol. The maximum atomic E-state index is 12.8. The normalized spacial score (nSPS) is 21.0. The van der Waals surface area contributed by atoms with Crippen LogP contribution in [0.1, 0.15) is 4.88 Å². The van der Waals surface area contributed by atoms with Gasteiger partial charge in [0.1, 0.15) is 17.1 Å². The lowest BCUT2D eigenvalue weighted by Gasteiger charge is -2.49. The Balaban J connectivity index is 1.49. The first kappa shape index (κ1) is 21.9. The zero-order valence-electron chi connectivity index (χ0n) is 15.9. The third kappa shape index (κ3) is 4.10. The fraction of sp³-hybridized carbons (Fsp3) is 0.294. The molecule has 0 radical (unpaired) electrons. The van der Waals surface area contributed by atoms with Crippen molar-refractivity contribution in [2.75, 3.05) is 11.5 Å². The van der Waals surface area contributed by atoms with Gasteiger partial charge in [-0.15, -0.1) is 28.2 Å². The number of aliphatic carboxylic acids is 1. The van der Waals surface area contributed by atoms with E-state index in [-0.39, 0.29) is 11.3 Å². The zero-order valence-corrected chi connectivity index (χ0v) is 19.1. The monoisotopic (exact) mass is 498 g/mol. The SMILES string of the molecule is Cn1nnnc1SCC1=C(C(=O)O)N2C(=O)C(NC(=O)C(=CCl)c3cccs3)[C@H]2SC1. The number of aryl methyl sites for hydroxylation is 1. The van der Waals surface area contributed by atoms with E-state index >= 15 is 0 Å². The number of amides is 2. The van der Waals surface area contributed by atoms with Crippen LogP contribution in [0.4, 0.5) is 0 Å². The van der Waals surface area contributed by atoms with Crippen LogP contribution in [-0.2, 0) is 21.4 Å². The third-order valence-corrected chi connectivity index (χ3v) is 8.19. The number of halogens is 1. The number of carboxylic acid groups (broad SMARTS) is 1. The van der Waals surface area contributed by atoms with Crippen molar-refractivity contribution in [3.05, 3.63) is 39.2 Å². The first-order valence-corrected chi connectivity index (χ1v) is 12.2. The van der Waals surface area contributed by atoms with E-state index < -0.39 is 29.2 Å². The van der Waals surface area contributed by atoms with E-state index in [1.54, 1.807) is 19.2 Å². The van der Waals surface area contributed by atoms with Gasteiger partial charge in [-0.05, 0) is 27.4 Å². The molecule has 2 aliphatic heterocycles. The van der Waals surface area contributed by atoms with E-state index in [2.05, 4.69) is 20.8 Å². The molecule has 2 N–H and O–H groups in total. The highest BCUT2D eigenvalue weighted by Gasteiger charge is 2.54. The summed E-state index contributed by atoms with van der Waals surface area (Å²) < 4.78 is 1.49. The Morgan fingerprint density at radius 2 is 2.29 bits per heavy atom. The van der Waals surface area contributed by atoms with Crippen LogP contribution in [0.5, 0.6) is 0 Å². The first-order valence-electron chi connectivity index (χ1n) is 8.82. The average molecular weight is 499 g/mol. The average Bonchev–Trinajstić information content (AvgIpc) is 3.42. The molecule has 0 spiro atoms. The van der Waals surface area contributed by atoms with Crippen molar-refractivity contribution in [3.63, 3.8) is 0 Å². The first-order chi connectivity index (χ1) is 14.9. The van der Waals surface area contributed by atoms with E-state index in [4.69, 9.17) is 11.6 Å². The highest BCUT2D eigenvalue weighted by atomic mass is 35.5. The molecule has 162 valence electrons. The van der Waals surface area contributed by atoms with Crippen molar-refractivity contribution in [2.24, 2.45) is 7.05 Å². The Bertz CT molecular complexity index is 1100. The highest BCUT2D eigenvalue weighted by Crippen LogP contribution is 2.41. The van der Waals surface area contributed by atoms with Crippen molar-refractivity contribution < 1.29 is 19.5 Å². The van der Waals surface area contributed by atoms with Gasteiger partial charge in [0.25, 0.3) is 11.8 Å². The fourth-order valence-corrected chi connectivity index (χ4v) is 6.51. The number of nitrogens with one attached hydrogen (secondary N) is 1. The summed E-state index contributed by atoms with van der Waals surface area (Å²) in [7, 11) is 1.69. The van der Waals surface area contributed by atoms with Crippen LogP contribution in [-0.4, -0.2) is 70.9 Å². The van der Waals surface area contributed by atoms with Crippen molar-refractivity contribution in [1.82, 2.24) is 30.4 Å². The van der Waals surface area contributed by atoms with Crippen LogP contribution in [0.25, 0.3) is 5.57 Å². The van der Waals surface area contributed by atoms with E-state index in [1.165, 1.54) is 50.0 Å². The molecule has 0 saturated carbocycles. The van der Waals surface area contributed by atoms with Crippen molar-refractivity contribution in [2.45, 2.75) is 16.6 Å². The lowest BCUT2D eigenvalue weighted by molar-refractivity contribution is -0.150. The standard InChI is InChI=1S/C17H15ClN6O4S3/c1-23-17(20-21-22-23)31-7-8-6-30-15-11(14(26)24(15)12(8)16(27)28)19-13(25)9(5-18)10-3-2-4-29-10/h2-5,11,15H,6-7H2,1H3,(H,19,25)(H,27,28)/t11?,15-/m1/s1. The summed E-state index contributed by atoms with van der Waals surface area (Å²) in [6.45, 7) is 0. The molecule has 0 aromatic carbocycles. The molecule has 2 atom stereocenters. The third-order valence-electron chi connectivity index (χ3n) is 4.63. The Hall–Kier alpha value is -2.35. The van der Waals surface area contributed by atoms with Gasteiger partial charge >= 0.3 is 5.97 Å². The summed E-state index contributed by atoms with van der Waals surface area (Å²) in [6.07, 6.45) is 0. The lowest BCUT2D eigenvalue weighted by atomic mass is 10.0. The van der Waals surface area contributed by atoms with Gasteiger partial charge in [-0.3, -0.25) is 14.5 Å². The summed E-state index contributed by atoms with van der Waals surface area (Å²) in [4.78, 5) is 39.3. The number of nitrogens with zero attached hydrogens (tertiary/aromatic N) is 5. The number of rotatable bonds is 7. The van der Waals surface area contributed by atoms with Crippen LogP contribution in [0.3, 0.4) is 0 Å². The number of thioether (sulfide) groups is 2. The van der Waals surface area contributed by atoms with E-state index in [0.29, 0.717) is 27.1 Å². The number of aromatic nitrogens is 4. The highest BCUT2D eigenvalue weighted by molar-refractivity contribution is 8.01. The van der Waals surface area contributed by atoms with Crippen molar-refractivity contribution in [3.8, 4) is 0 Å². The van der Waals surface area contributed by atoms with Crippen LogP contribution in [0, 0.1) is 0 Å². The molecule has 1 fully saturated rings. The molecule has 2 amide bonds. The number of carbonyl (C=O) groups excluding carboxylic acids is 2. The smallest absolute Gasteiger partial charge is 0.352 e. The minimum absolute atomic E-state index is 0.0479. The summed E-state index contributed by atoms with van der Waals surface area (Å²) in [5, 5.41) is 25.5. The van der Waals surface area contributed by atoms with Gasteiger partial charge < -0.3 is 10.4 Å². The summed E-state index contributed by atoms with van der Waals surface area (Å²) in [5.74, 6) is -1.40. The summed E-state index contributed by atoms with van der Waals surface area (Å²) in [5.41, 5.74) is 1.98. The molecule has 0 bridgehead atoms. The number of tetrazole rings is 1. The fourth-order valence-electron chi connectivity index (χ4n) is 3.16. The maximum Gasteiger partial charge on any atom is 0.352 e. The van der Waals surface area contributed by atoms with E-state index in [9.17, 15) is 19.5 Å². The van der Waals surface area contributed by atoms with Gasteiger partial charge in [-0.25, -0.2) is 9.48 Å². The molecule has 4 heterocycles. The minimum atomic E-state index is -1.19. The number of carbonyl (C=O) groups is 3. The summed E-state index contributed by atoms with van der Waals surface area (Å²) >= 11 is 9.87. The van der Waals surface area contributed by atoms with Crippen LogP contribution >= 0.6 is 46.5 Å². The molecule has 31 heavy (non-hydrogen) atoms. The quantitative estimate of drug-likeness (QED) is 0.330. The molecule has 10 nitrogen and oxygen atoms in total. The number of hydrogen-bond donors (Lipinski definition) is 2. The zero-order chi connectivity index (χ0) is 22.1. The van der Waals surface area contributed by atoms with Gasteiger partial charge in [0.05, 0.1) is 5.57 Å². The molecular formula is C17H15ClN6O4S3. The second-order valence-corrected chi connectivity index (χ2v) is 9.71. The van der Waals surface area contributed by atoms with Crippen LogP contribution in [0.2, 0.25) is 0 Å². The Kier molecular flexibility index (Phi) is 6.36. The molecule has 2 aliphatic rings. The predicted molar refractivity (Wildman–Crippen MR) is 117 cm³/mol. The molecule has 14 heteroatoms. The number of β-lactam (4-membered cyclic amide) rings is 1. The second-order valence-electron chi connectivity index (χ2n) is 6.49. The molecule has 2 aromatic rings. The predicted octanol–water partition coefficient (Wildman–Crippen LogP) is 1.38. The second kappa shape index (κ2) is 9.02. The van der Waals surface area contributed by atoms with Gasteiger partial charge in [-0.1, -0.05) is 29.4 Å². The Morgan fingerprint density at radius 3 is 2.90 bits per heavy atom. The molecule has 1 saturated heterocycles. The minimum Gasteiger partial charge on any atom is -0.477 e. The van der Waals surface area contributed by atoms with Crippen LogP contribution in [0.15, 0.2) is 39.5 Å². The van der Waals surface area contributed by atoms with Gasteiger partial charge in [0, 0.05) is 29.0 Å². The lowest BCUT2D eigenvalue weighted by Crippen LogP contribution is -2.70. The maximum absolute atomic E-state index is 12.8. The molecule has 2 aromatic heterocycles. The number of fused-ring (bicyclic) bond motifs is 1. The largest absolute Gasteiger partial charge is 0.477 e. The van der Waals surface area contributed by atoms with Gasteiger partial charge in [0.2, 0.25) is 5.16 Å². The molecule has 4 rings (SSSR count). The Labute approximate surface area is 193 Å². The number of hydrogen-bond acceptors (Lipinski definition) is 9. The van der Waals surface area contributed by atoms with E-state index in [1.807, 2.05) is 5.38 Å². The van der Waals surface area contributed by atoms with Gasteiger partial charge in [0.15, 0.2) is 0 Å². The Morgan fingerprint density at radius 1 is 1.48 bits per heavy atom. The van der Waals surface area contributed by atoms with Crippen LogP contribution < -0.4 is 5.32 Å². The number of carboxylic acids is 1. The molecule has 1 unspecified atom stereocenters. The topological polar surface area (TPSA) is 130 Å². The summed E-state index contributed by atoms with van der Waals surface area (Å²) in [6, 6.07) is 2.72. The van der Waals surface area contributed by atoms with E-state index in [0.717, 1.165) is 0 Å². The van der Waals surface area contributed by atoms with Crippen molar-refractivity contribution in [1.29, 1.82) is 0 Å².